The Hall–Kier alpha value is -3.89. The number of nitrogens with zero attached hydrogens (tertiary/aromatic N) is 2. The topological polar surface area (TPSA) is 105 Å². The lowest BCUT2D eigenvalue weighted by Crippen LogP contribution is -2.43. The summed E-state index contributed by atoms with van der Waals surface area (Å²) in [5.74, 6) is 5.93. The van der Waals surface area contributed by atoms with Gasteiger partial charge in [-0.05, 0) is 76.0 Å². The van der Waals surface area contributed by atoms with Gasteiger partial charge in [0.25, 0.3) is 0 Å². The van der Waals surface area contributed by atoms with Crippen molar-refractivity contribution in [3.8, 4) is 17.6 Å². The average molecular weight is 620 g/mol. The van der Waals surface area contributed by atoms with E-state index in [0.717, 1.165) is 36.5 Å². The Morgan fingerprint density at radius 3 is 2.44 bits per heavy atom. The number of nitrogens with one attached hydrogen (secondary N) is 3. The van der Waals surface area contributed by atoms with Crippen LogP contribution in [0.15, 0.2) is 47.4 Å². The van der Waals surface area contributed by atoms with Crippen molar-refractivity contribution >= 4 is 38.1 Å². The molecule has 1 aromatic heterocycles. The van der Waals surface area contributed by atoms with Crippen molar-refractivity contribution in [1.82, 2.24) is 14.8 Å². The zero-order valence-corrected chi connectivity index (χ0v) is 25.3. The minimum atomic E-state index is -4.50. The second-order valence-corrected chi connectivity index (χ2v) is 12.8. The molecule has 1 aliphatic carbocycles. The number of carbonyl (C=O) groups is 1. The summed E-state index contributed by atoms with van der Waals surface area (Å²) in [5.41, 5.74) is 1.28. The summed E-state index contributed by atoms with van der Waals surface area (Å²) >= 11 is 0. The smallest absolute Gasteiger partial charge is 0.406 e. The molecule has 4 rings (SSSR count). The van der Waals surface area contributed by atoms with Crippen molar-refractivity contribution in [3.05, 3.63) is 48.2 Å². The maximum Gasteiger partial charge on any atom is 0.406 e. The average Bonchev–Trinajstić information content (AvgIpc) is 3.27. The largest absolute Gasteiger partial charge is 0.495 e. The van der Waals surface area contributed by atoms with Gasteiger partial charge in [0.05, 0.1) is 41.1 Å². The molecule has 0 saturated heterocycles. The summed E-state index contributed by atoms with van der Waals surface area (Å²) in [5, 5.41) is 9.25. The van der Waals surface area contributed by atoms with E-state index in [-0.39, 0.29) is 34.4 Å². The van der Waals surface area contributed by atoms with Gasteiger partial charge in [-0.1, -0.05) is 12.0 Å². The Balaban J connectivity index is 1.53. The van der Waals surface area contributed by atoms with E-state index in [4.69, 9.17) is 4.74 Å². The van der Waals surface area contributed by atoms with Gasteiger partial charge in [0, 0.05) is 29.8 Å². The molecule has 0 aliphatic heterocycles. The van der Waals surface area contributed by atoms with Crippen LogP contribution in [0, 0.1) is 11.8 Å². The monoisotopic (exact) mass is 619 g/mol. The van der Waals surface area contributed by atoms with Crippen LogP contribution in [-0.4, -0.2) is 76.2 Å². The summed E-state index contributed by atoms with van der Waals surface area (Å²) in [6.07, 6.45) is 0.243. The Bertz CT molecular complexity index is 1630. The van der Waals surface area contributed by atoms with Crippen molar-refractivity contribution < 1.29 is 31.1 Å². The van der Waals surface area contributed by atoms with Crippen LogP contribution in [0.1, 0.15) is 31.4 Å². The van der Waals surface area contributed by atoms with E-state index in [1.807, 2.05) is 14.1 Å². The Morgan fingerprint density at radius 2 is 1.81 bits per heavy atom. The van der Waals surface area contributed by atoms with Gasteiger partial charge in [-0.25, -0.2) is 13.2 Å². The predicted octanol–water partition coefficient (Wildman–Crippen LogP) is 5.07. The number of aromatic nitrogens is 1. The molecule has 3 N–H and O–H groups in total. The molecule has 3 aromatic rings. The number of rotatable bonds is 8. The molecule has 1 heterocycles. The highest BCUT2D eigenvalue weighted by Crippen LogP contribution is 2.31. The Labute approximate surface area is 249 Å². The first-order valence-corrected chi connectivity index (χ1v) is 15.7. The molecule has 0 atom stereocenters. The van der Waals surface area contributed by atoms with Crippen LogP contribution >= 0.6 is 0 Å². The SMILES string of the molecule is COc1cc(S(C)(=O)=O)ccc1NCC#Cc1cc2c(NC(=O)N[C@H]3CC[C@@H](N(C)C)CC3)cccc2n1CC(F)(F)F. The van der Waals surface area contributed by atoms with Gasteiger partial charge < -0.3 is 30.2 Å². The van der Waals surface area contributed by atoms with E-state index in [1.165, 1.54) is 31.4 Å². The number of carbonyl (C=O) groups excluding carboxylic acids is 1. The minimum Gasteiger partial charge on any atom is -0.495 e. The minimum absolute atomic E-state index is 0.0281. The number of hydrogen-bond donors (Lipinski definition) is 3. The molecular formula is C30H36F3N5O4S. The molecule has 1 fully saturated rings. The molecule has 0 unspecified atom stereocenters. The van der Waals surface area contributed by atoms with Crippen LogP contribution in [0.4, 0.5) is 29.3 Å². The Morgan fingerprint density at radius 1 is 1.09 bits per heavy atom. The maximum atomic E-state index is 13.6. The third kappa shape index (κ3) is 8.36. The van der Waals surface area contributed by atoms with E-state index in [1.54, 1.807) is 18.2 Å². The summed E-state index contributed by atoms with van der Waals surface area (Å²) in [4.78, 5) is 15.1. The van der Waals surface area contributed by atoms with Crippen LogP contribution in [0.3, 0.4) is 0 Å². The first kappa shape index (κ1) is 32.0. The number of urea groups is 1. The quantitative estimate of drug-likeness (QED) is 0.304. The molecule has 0 radical (unpaired) electrons. The van der Waals surface area contributed by atoms with E-state index in [2.05, 4.69) is 32.7 Å². The standard InChI is InChI=1S/C30H36F3N5O4S/c1-37(2)21-12-10-20(11-13-21)35-29(39)36-25-8-5-9-27-24(25)17-22(38(27)19-30(31,32)33)7-6-16-34-26-15-14-23(43(4,40)41)18-28(26)42-3/h5,8-9,14-15,17-18,20-21,34H,10-13,16,19H2,1-4H3,(H2,35,36,39)/t20-,21+. The predicted molar refractivity (Wildman–Crippen MR) is 161 cm³/mol. The number of amides is 2. The molecule has 0 spiro atoms. The number of methoxy groups -OCH3 is 1. The second kappa shape index (κ2) is 13.2. The number of sulfone groups is 1. The van der Waals surface area contributed by atoms with Crippen molar-refractivity contribution in [3.63, 3.8) is 0 Å². The highest BCUT2D eigenvalue weighted by molar-refractivity contribution is 7.90. The van der Waals surface area contributed by atoms with Crippen LogP contribution in [-0.2, 0) is 16.4 Å². The fourth-order valence-corrected chi connectivity index (χ4v) is 5.89. The van der Waals surface area contributed by atoms with Crippen LogP contribution in [0.2, 0.25) is 0 Å². The van der Waals surface area contributed by atoms with Gasteiger partial charge in [-0.3, -0.25) is 0 Å². The lowest BCUT2D eigenvalue weighted by molar-refractivity contribution is -0.140. The number of benzene rings is 2. The van der Waals surface area contributed by atoms with Crippen molar-refractivity contribution in [2.45, 2.75) is 55.4 Å². The van der Waals surface area contributed by atoms with Crippen LogP contribution < -0.4 is 20.7 Å². The fraction of sp³-hybridized carbons (Fsp3) is 0.433. The van der Waals surface area contributed by atoms with Crippen LogP contribution in [0.25, 0.3) is 10.9 Å². The molecule has 232 valence electrons. The molecule has 0 bridgehead atoms. The molecule has 9 nitrogen and oxygen atoms in total. The van der Waals surface area contributed by atoms with E-state index in [9.17, 15) is 26.4 Å². The lowest BCUT2D eigenvalue weighted by atomic mass is 9.91. The number of halogens is 3. The molecule has 43 heavy (non-hydrogen) atoms. The number of alkyl halides is 3. The maximum absolute atomic E-state index is 13.6. The summed E-state index contributed by atoms with van der Waals surface area (Å²) in [6, 6.07) is 10.8. The zero-order valence-electron chi connectivity index (χ0n) is 24.5. The van der Waals surface area contributed by atoms with Crippen molar-refractivity contribution in [2.75, 3.05) is 44.6 Å². The molecule has 1 aliphatic rings. The summed E-state index contributed by atoms with van der Waals surface area (Å²) < 4.78 is 70.7. The third-order valence-corrected chi connectivity index (χ3v) is 8.59. The number of anilines is 2. The second-order valence-electron chi connectivity index (χ2n) is 10.8. The molecule has 2 aromatic carbocycles. The Kier molecular flexibility index (Phi) is 9.82. The van der Waals surface area contributed by atoms with Gasteiger partial charge in [0.15, 0.2) is 9.84 Å². The van der Waals surface area contributed by atoms with Gasteiger partial charge in [-0.2, -0.15) is 13.2 Å². The highest BCUT2D eigenvalue weighted by Gasteiger charge is 2.30. The van der Waals surface area contributed by atoms with Gasteiger partial charge in [-0.15, -0.1) is 0 Å². The molecule has 2 amide bonds. The van der Waals surface area contributed by atoms with E-state index < -0.39 is 28.6 Å². The van der Waals surface area contributed by atoms with Gasteiger partial charge in [0.2, 0.25) is 0 Å². The lowest BCUT2D eigenvalue weighted by Gasteiger charge is -2.32. The number of ether oxygens (including phenoxy) is 1. The summed E-state index contributed by atoms with van der Waals surface area (Å²) in [7, 11) is 2.06. The normalized spacial score (nSPS) is 17.3. The van der Waals surface area contributed by atoms with Crippen molar-refractivity contribution in [2.24, 2.45) is 0 Å². The number of hydrogen-bond acceptors (Lipinski definition) is 6. The van der Waals surface area contributed by atoms with E-state index in [0.29, 0.717) is 22.8 Å². The first-order valence-electron chi connectivity index (χ1n) is 13.8. The molecular weight excluding hydrogens is 583 g/mol. The first-order chi connectivity index (χ1) is 20.2. The van der Waals surface area contributed by atoms with Gasteiger partial charge in [0.1, 0.15) is 12.3 Å². The van der Waals surface area contributed by atoms with Gasteiger partial charge >= 0.3 is 12.2 Å². The highest BCUT2D eigenvalue weighted by atomic mass is 32.2. The number of fused-ring (bicyclic) bond motifs is 1. The summed E-state index contributed by atoms with van der Waals surface area (Å²) in [6.45, 7) is -1.20. The van der Waals surface area contributed by atoms with E-state index >= 15 is 0 Å². The zero-order chi connectivity index (χ0) is 31.4. The van der Waals surface area contributed by atoms with Crippen molar-refractivity contribution in [1.29, 1.82) is 0 Å². The fourth-order valence-electron chi connectivity index (χ4n) is 5.25. The molecule has 13 heteroatoms. The molecule has 1 saturated carbocycles. The third-order valence-electron chi connectivity index (χ3n) is 7.48. The van der Waals surface area contributed by atoms with Crippen LogP contribution in [0.5, 0.6) is 5.75 Å².